The van der Waals surface area contributed by atoms with E-state index in [2.05, 4.69) is 5.32 Å². The van der Waals surface area contributed by atoms with Crippen LogP contribution < -0.4 is 11.1 Å². The largest absolute Gasteiger partial charge is 0.479 e. The smallest absolute Gasteiger partial charge is 0.407 e. The van der Waals surface area contributed by atoms with Crippen molar-refractivity contribution in [1.82, 2.24) is 5.32 Å². The van der Waals surface area contributed by atoms with Crippen LogP contribution in [0.15, 0.2) is 48.5 Å². The van der Waals surface area contributed by atoms with E-state index in [1.807, 2.05) is 43.3 Å². The van der Waals surface area contributed by atoms with Gasteiger partial charge in [-0.3, -0.25) is 0 Å². The predicted octanol–water partition coefficient (Wildman–Crippen LogP) is 3.68. The van der Waals surface area contributed by atoms with Gasteiger partial charge < -0.3 is 25.6 Å². The summed E-state index contributed by atoms with van der Waals surface area (Å²) in [7, 11) is 0. The fraction of sp³-hybridized carbons (Fsp3) is 0.391. The highest BCUT2D eigenvalue weighted by Gasteiger charge is 2.32. The maximum atomic E-state index is 12.4. The summed E-state index contributed by atoms with van der Waals surface area (Å²) >= 11 is 0. The zero-order valence-corrected chi connectivity index (χ0v) is 17.8. The first-order chi connectivity index (χ1) is 14.0. The van der Waals surface area contributed by atoms with Crippen molar-refractivity contribution >= 4 is 17.7 Å². The number of carbonyl (C=O) groups excluding carboxylic acids is 1. The van der Waals surface area contributed by atoms with E-state index in [1.165, 1.54) is 0 Å². The van der Waals surface area contributed by atoms with Crippen molar-refractivity contribution in [3.63, 3.8) is 0 Å². The van der Waals surface area contributed by atoms with Crippen LogP contribution in [-0.2, 0) is 27.3 Å². The van der Waals surface area contributed by atoms with Crippen molar-refractivity contribution in [3.05, 3.63) is 65.2 Å². The van der Waals surface area contributed by atoms with Crippen LogP contribution in [0.25, 0.3) is 0 Å². The van der Waals surface area contributed by atoms with Crippen molar-refractivity contribution in [3.8, 4) is 0 Å². The monoisotopic (exact) mass is 414 g/mol. The minimum atomic E-state index is -1.28. The Bertz CT molecular complexity index is 862. The van der Waals surface area contributed by atoms with Crippen LogP contribution in [0.1, 0.15) is 37.5 Å². The maximum Gasteiger partial charge on any atom is 0.407 e. The van der Waals surface area contributed by atoms with Gasteiger partial charge in [0.1, 0.15) is 5.60 Å². The molecule has 0 radical (unpaired) electrons. The molecule has 1 unspecified atom stereocenters. The van der Waals surface area contributed by atoms with E-state index in [1.54, 1.807) is 32.9 Å². The topological polar surface area (TPSA) is 111 Å². The van der Waals surface area contributed by atoms with Crippen LogP contribution in [0.2, 0.25) is 0 Å². The number of benzene rings is 2. The zero-order chi connectivity index (χ0) is 22.3. The van der Waals surface area contributed by atoms with E-state index in [9.17, 15) is 14.7 Å². The van der Waals surface area contributed by atoms with E-state index >= 15 is 0 Å². The lowest BCUT2D eigenvalue weighted by Gasteiger charge is -2.28. The van der Waals surface area contributed by atoms with Gasteiger partial charge in [0.15, 0.2) is 6.10 Å². The van der Waals surface area contributed by atoms with Crippen LogP contribution in [0.4, 0.5) is 10.5 Å². The average molecular weight is 415 g/mol. The molecule has 7 nitrogen and oxygen atoms in total. The van der Waals surface area contributed by atoms with Crippen molar-refractivity contribution < 1.29 is 24.2 Å². The van der Waals surface area contributed by atoms with Crippen LogP contribution >= 0.6 is 0 Å². The predicted molar refractivity (Wildman–Crippen MR) is 115 cm³/mol. The molecule has 0 bridgehead atoms. The summed E-state index contributed by atoms with van der Waals surface area (Å²) in [5.74, 6) is -1.17. The standard InChI is InChI=1S/C23H30N2O5/c1-15-10-11-18(24)12-17(15)13-19(25-22(28)30-23(2,3)4)20(21(26)27)29-14-16-8-6-5-7-9-16/h5-12,19-20H,13-14,24H2,1-4H3,(H,25,28)(H,26,27)/t19-,20?/m0/s1. The number of rotatable bonds is 8. The lowest BCUT2D eigenvalue weighted by molar-refractivity contribution is -0.153. The molecule has 2 atom stereocenters. The first-order valence-corrected chi connectivity index (χ1v) is 9.78. The highest BCUT2D eigenvalue weighted by molar-refractivity contribution is 5.75. The van der Waals surface area contributed by atoms with Gasteiger partial charge in [0.2, 0.25) is 0 Å². The van der Waals surface area contributed by atoms with Crippen molar-refractivity contribution in [2.45, 2.75) is 58.5 Å². The molecule has 0 fully saturated rings. The van der Waals surface area contributed by atoms with E-state index < -0.39 is 29.8 Å². The third-order valence-electron chi connectivity index (χ3n) is 4.40. The number of anilines is 1. The molecule has 162 valence electrons. The van der Waals surface area contributed by atoms with E-state index in [0.29, 0.717) is 5.69 Å². The third kappa shape index (κ3) is 7.40. The first kappa shape index (κ1) is 23.2. The molecule has 2 aromatic carbocycles. The summed E-state index contributed by atoms with van der Waals surface area (Å²) in [5.41, 5.74) is 8.34. The van der Waals surface area contributed by atoms with E-state index in [-0.39, 0.29) is 13.0 Å². The van der Waals surface area contributed by atoms with Gasteiger partial charge in [0.25, 0.3) is 0 Å². The Kier molecular flexibility index (Phi) is 7.83. The number of carboxylic acid groups (broad SMARTS) is 1. The van der Waals surface area contributed by atoms with Crippen LogP contribution in [0.3, 0.4) is 0 Å². The number of amides is 1. The number of carbonyl (C=O) groups is 2. The maximum absolute atomic E-state index is 12.4. The van der Waals surface area contributed by atoms with Crippen molar-refractivity contribution in [2.75, 3.05) is 5.73 Å². The minimum Gasteiger partial charge on any atom is -0.479 e. The minimum absolute atomic E-state index is 0.0974. The number of aryl methyl sites for hydroxylation is 1. The molecule has 30 heavy (non-hydrogen) atoms. The fourth-order valence-electron chi connectivity index (χ4n) is 2.96. The van der Waals surface area contributed by atoms with Gasteiger partial charge in [0.05, 0.1) is 12.6 Å². The third-order valence-corrected chi connectivity index (χ3v) is 4.40. The summed E-state index contributed by atoms with van der Waals surface area (Å²) in [5, 5.41) is 12.5. The van der Waals surface area contributed by atoms with Crippen LogP contribution in [-0.4, -0.2) is 34.9 Å². The highest BCUT2D eigenvalue weighted by Crippen LogP contribution is 2.18. The number of carboxylic acids is 1. The van der Waals surface area contributed by atoms with Gasteiger partial charge in [-0.05, 0) is 62.9 Å². The van der Waals surface area contributed by atoms with Gasteiger partial charge in [0, 0.05) is 5.69 Å². The molecular weight excluding hydrogens is 384 g/mol. The lowest BCUT2D eigenvalue weighted by Crippen LogP contribution is -2.50. The van der Waals surface area contributed by atoms with E-state index in [0.717, 1.165) is 16.7 Å². The Morgan fingerprint density at radius 3 is 2.40 bits per heavy atom. The molecule has 0 spiro atoms. The molecule has 0 saturated carbocycles. The number of nitrogen functional groups attached to an aromatic ring is 1. The fourth-order valence-corrected chi connectivity index (χ4v) is 2.96. The summed E-state index contributed by atoms with van der Waals surface area (Å²) < 4.78 is 11.1. The SMILES string of the molecule is Cc1ccc(N)cc1C[C@H](NC(=O)OC(C)(C)C)C(OCc1ccccc1)C(=O)O. The number of hydrogen-bond acceptors (Lipinski definition) is 5. The second-order valence-electron chi connectivity index (χ2n) is 8.20. The summed E-state index contributed by atoms with van der Waals surface area (Å²) in [6.45, 7) is 7.22. The van der Waals surface area contributed by atoms with Crippen LogP contribution in [0, 0.1) is 6.92 Å². The van der Waals surface area contributed by atoms with Gasteiger partial charge in [-0.1, -0.05) is 36.4 Å². The summed E-state index contributed by atoms with van der Waals surface area (Å²) in [4.78, 5) is 24.4. The normalized spacial score (nSPS) is 13.3. The first-order valence-electron chi connectivity index (χ1n) is 9.78. The van der Waals surface area contributed by atoms with Crippen molar-refractivity contribution in [1.29, 1.82) is 0 Å². The number of ether oxygens (including phenoxy) is 2. The van der Waals surface area contributed by atoms with Gasteiger partial charge >= 0.3 is 12.1 Å². The Hall–Kier alpha value is -3.06. The number of alkyl carbamates (subject to hydrolysis) is 1. The molecule has 0 heterocycles. The molecule has 2 aromatic rings. The molecule has 0 aliphatic rings. The average Bonchev–Trinajstić information content (AvgIpc) is 2.63. The number of nitrogens with two attached hydrogens (primary N) is 1. The number of hydrogen-bond donors (Lipinski definition) is 3. The molecule has 2 rings (SSSR count). The molecule has 4 N–H and O–H groups in total. The highest BCUT2D eigenvalue weighted by atomic mass is 16.6. The van der Waals surface area contributed by atoms with Gasteiger partial charge in [-0.15, -0.1) is 0 Å². The summed E-state index contributed by atoms with van der Waals surface area (Å²) in [6, 6.07) is 13.8. The molecule has 0 aromatic heterocycles. The Labute approximate surface area is 177 Å². The molecule has 0 aliphatic carbocycles. The van der Waals surface area contributed by atoms with Crippen LogP contribution in [0.5, 0.6) is 0 Å². The second kappa shape index (κ2) is 10.1. The van der Waals surface area contributed by atoms with Gasteiger partial charge in [-0.25, -0.2) is 9.59 Å². The Morgan fingerprint density at radius 1 is 1.13 bits per heavy atom. The molecule has 0 saturated heterocycles. The van der Waals surface area contributed by atoms with E-state index in [4.69, 9.17) is 15.2 Å². The lowest BCUT2D eigenvalue weighted by atomic mass is 9.97. The molecule has 0 aliphatic heterocycles. The quantitative estimate of drug-likeness (QED) is 0.568. The van der Waals surface area contributed by atoms with Crippen molar-refractivity contribution in [2.24, 2.45) is 0 Å². The number of nitrogens with one attached hydrogen (secondary N) is 1. The number of aliphatic carboxylic acids is 1. The Balaban J connectivity index is 2.26. The summed E-state index contributed by atoms with van der Waals surface area (Å²) in [6.07, 6.45) is -1.76. The zero-order valence-electron chi connectivity index (χ0n) is 17.8. The second-order valence-corrected chi connectivity index (χ2v) is 8.20. The Morgan fingerprint density at radius 2 is 1.80 bits per heavy atom. The molecular formula is C23H30N2O5. The molecule has 7 heteroatoms. The van der Waals surface area contributed by atoms with Gasteiger partial charge in [-0.2, -0.15) is 0 Å². The molecule has 1 amide bonds.